The maximum absolute atomic E-state index is 10.1. The minimum absolute atomic E-state index is 0.437. The molecule has 0 saturated carbocycles. The Bertz CT molecular complexity index is 372. The molecule has 1 fully saturated rings. The lowest BCUT2D eigenvalue weighted by Crippen LogP contribution is -2.60. The number of benzene rings is 1. The zero-order valence-corrected chi connectivity index (χ0v) is 10.6. The number of nitrogens with zero attached hydrogens (tertiary/aromatic N) is 1. The van der Waals surface area contributed by atoms with Crippen LogP contribution in [0.15, 0.2) is 24.3 Å². The summed E-state index contributed by atoms with van der Waals surface area (Å²) in [4.78, 5) is 2.27. The third-order valence-electron chi connectivity index (χ3n) is 3.29. The number of β-amino-alcohol motifs (C(OH)–C–C–N with tert-alkyl or cyclic N) is 1. The Morgan fingerprint density at radius 3 is 2.82 bits per heavy atom. The third-order valence-corrected chi connectivity index (χ3v) is 3.29. The summed E-state index contributed by atoms with van der Waals surface area (Å²) in [6, 6.07) is 8.11. The second kappa shape index (κ2) is 5.07. The second-order valence-electron chi connectivity index (χ2n) is 4.97. The van der Waals surface area contributed by atoms with Crippen LogP contribution in [0.3, 0.4) is 0 Å². The van der Waals surface area contributed by atoms with E-state index in [2.05, 4.69) is 24.0 Å². The fourth-order valence-corrected chi connectivity index (χ4v) is 2.55. The van der Waals surface area contributed by atoms with Gasteiger partial charge in [0.05, 0.1) is 12.7 Å². The van der Waals surface area contributed by atoms with E-state index in [0.29, 0.717) is 0 Å². The third kappa shape index (κ3) is 2.99. The first-order valence-corrected chi connectivity index (χ1v) is 6.23. The first kappa shape index (κ1) is 12.4. The van der Waals surface area contributed by atoms with Crippen molar-refractivity contribution in [3.63, 3.8) is 0 Å². The molecule has 0 aromatic heterocycles. The predicted molar refractivity (Wildman–Crippen MR) is 68.1 cm³/mol. The van der Waals surface area contributed by atoms with E-state index in [0.717, 1.165) is 38.2 Å². The fourth-order valence-electron chi connectivity index (χ4n) is 2.55. The maximum Gasteiger partial charge on any atom is 0.119 e. The van der Waals surface area contributed by atoms with Crippen LogP contribution in [0.25, 0.3) is 0 Å². The minimum Gasteiger partial charge on any atom is -0.497 e. The number of aliphatic hydroxyl groups is 1. The van der Waals surface area contributed by atoms with Gasteiger partial charge in [0.2, 0.25) is 0 Å². The van der Waals surface area contributed by atoms with E-state index in [9.17, 15) is 5.11 Å². The summed E-state index contributed by atoms with van der Waals surface area (Å²) < 4.78 is 5.20. The normalized spacial score (nSPS) is 18.8. The molecule has 0 atom stereocenters. The monoisotopic (exact) mass is 235 g/mol. The van der Waals surface area contributed by atoms with Gasteiger partial charge in [-0.25, -0.2) is 0 Å². The summed E-state index contributed by atoms with van der Waals surface area (Å²) in [6.45, 7) is 4.59. The molecule has 1 heterocycles. The van der Waals surface area contributed by atoms with E-state index in [4.69, 9.17) is 4.74 Å². The lowest BCUT2D eigenvalue weighted by atomic mass is 9.89. The van der Waals surface area contributed by atoms with Crippen molar-refractivity contribution in [3.05, 3.63) is 29.8 Å². The lowest BCUT2D eigenvalue weighted by Gasteiger charge is -2.46. The van der Waals surface area contributed by atoms with Crippen molar-refractivity contribution in [2.24, 2.45) is 0 Å². The molecule has 0 bridgehead atoms. The van der Waals surface area contributed by atoms with Crippen LogP contribution in [0.1, 0.15) is 25.3 Å². The molecule has 1 aromatic carbocycles. The average Bonchev–Trinajstić information content (AvgIpc) is 2.28. The summed E-state index contributed by atoms with van der Waals surface area (Å²) in [7, 11) is 1.68. The Labute approximate surface area is 103 Å². The van der Waals surface area contributed by atoms with E-state index in [1.54, 1.807) is 7.11 Å². The van der Waals surface area contributed by atoms with E-state index < -0.39 is 5.60 Å². The zero-order valence-electron chi connectivity index (χ0n) is 10.6. The highest BCUT2D eigenvalue weighted by molar-refractivity contribution is 5.28. The van der Waals surface area contributed by atoms with Crippen LogP contribution in [0.4, 0.5) is 0 Å². The smallest absolute Gasteiger partial charge is 0.119 e. The van der Waals surface area contributed by atoms with Crippen LogP contribution in [0.5, 0.6) is 5.75 Å². The molecule has 17 heavy (non-hydrogen) atoms. The van der Waals surface area contributed by atoms with Gasteiger partial charge in [-0.2, -0.15) is 0 Å². The molecule has 0 amide bonds. The predicted octanol–water partition coefficient (Wildman–Crippen LogP) is 2.04. The molecular weight excluding hydrogens is 214 g/mol. The Balaban J connectivity index is 1.87. The topological polar surface area (TPSA) is 32.7 Å². The maximum atomic E-state index is 10.1. The first-order valence-electron chi connectivity index (χ1n) is 6.23. The van der Waals surface area contributed by atoms with Crippen molar-refractivity contribution in [2.45, 2.75) is 31.9 Å². The Morgan fingerprint density at radius 1 is 1.41 bits per heavy atom. The van der Waals surface area contributed by atoms with Crippen molar-refractivity contribution in [2.75, 3.05) is 20.2 Å². The van der Waals surface area contributed by atoms with Gasteiger partial charge in [-0.1, -0.05) is 25.5 Å². The van der Waals surface area contributed by atoms with Crippen LogP contribution < -0.4 is 4.74 Å². The van der Waals surface area contributed by atoms with Crippen molar-refractivity contribution < 1.29 is 9.84 Å². The number of likely N-dealkylation sites (tertiary alicyclic amines) is 1. The molecule has 1 saturated heterocycles. The molecule has 1 aromatic rings. The van der Waals surface area contributed by atoms with Crippen LogP contribution in [0.2, 0.25) is 0 Å². The molecule has 0 aliphatic carbocycles. The summed E-state index contributed by atoms with van der Waals surface area (Å²) in [6.07, 6.45) is 1.95. The summed E-state index contributed by atoms with van der Waals surface area (Å²) in [5, 5.41) is 10.1. The Morgan fingerprint density at radius 2 is 2.18 bits per heavy atom. The Kier molecular flexibility index (Phi) is 3.69. The molecule has 0 spiro atoms. The van der Waals surface area contributed by atoms with Crippen molar-refractivity contribution in [3.8, 4) is 5.75 Å². The molecule has 1 N–H and O–H groups in total. The molecule has 94 valence electrons. The molecule has 0 unspecified atom stereocenters. The van der Waals surface area contributed by atoms with E-state index in [1.165, 1.54) is 5.56 Å². The number of methoxy groups -OCH3 is 1. The van der Waals surface area contributed by atoms with Gasteiger partial charge in [0.1, 0.15) is 5.75 Å². The highest BCUT2D eigenvalue weighted by atomic mass is 16.5. The zero-order chi connectivity index (χ0) is 12.3. The Hall–Kier alpha value is -1.06. The van der Waals surface area contributed by atoms with Crippen LogP contribution in [0, 0.1) is 0 Å². The van der Waals surface area contributed by atoms with Crippen LogP contribution >= 0.6 is 0 Å². The summed E-state index contributed by atoms with van der Waals surface area (Å²) >= 11 is 0. The van der Waals surface area contributed by atoms with E-state index >= 15 is 0 Å². The molecule has 3 nitrogen and oxygen atoms in total. The van der Waals surface area contributed by atoms with Gasteiger partial charge in [-0.15, -0.1) is 0 Å². The number of rotatable bonds is 5. The summed E-state index contributed by atoms with van der Waals surface area (Å²) in [5.41, 5.74) is 0.802. The van der Waals surface area contributed by atoms with Crippen molar-refractivity contribution in [1.82, 2.24) is 4.90 Å². The average molecular weight is 235 g/mol. The second-order valence-corrected chi connectivity index (χ2v) is 4.97. The standard InChI is InChI=1S/C14H21NO2/c1-3-7-14(16)10-15(11-14)9-12-5-4-6-13(8-12)17-2/h4-6,8,16H,3,7,9-11H2,1-2H3. The first-order chi connectivity index (χ1) is 8.15. The number of hydrogen-bond acceptors (Lipinski definition) is 3. The highest BCUT2D eigenvalue weighted by Gasteiger charge is 2.39. The highest BCUT2D eigenvalue weighted by Crippen LogP contribution is 2.27. The van der Waals surface area contributed by atoms with Gasteiger partial charge in [0.15, 0.2) is 0 Å². The van der Waals surface area contributed by atoms with Gasteiger partial charge >= 0.3 is 0 Å². The van der Waals surface area contributed by atoms with Gasteiger partial charge in [-0.3, -0.25) is 4.90 Å². The van der Waals surface area contributed by atoms with Gasteiger partial charge in [0, 0.05) is 19.6 Å². The van der Waals surface area contributed by atoms with Crippen LogP contribution in [-0.4, -0.2) is 35.8 Å². The molecule has 1 aliphatic rings. The lowest BCUT2D eigenvalue weighted by molar-refractivity contribution is -0.106. The van der Waals surface area contributed by atoms with Crippen LogP contribution in [-0.2, 0) is 6.54 Å². The van der Waals surface area contributed by atoms with Gasteiger partial charge < -0.3 is 9.84 Å². The van der Waals surface area contributed by atoms with Crippen molar-refractivity contribution >= 4 is 0 Å². The van der Waals surface area contributed by atoms with Gasteiger partial charge in [0.25, 0.3) is 0 Å². The molecule has 0 radical (unpaired) electrons. The summed E-state index contributed by atoms with van der Waals surface area (Å²) in [5.74, 6) is 0.895. The molecule has 3 heteroatoms. The van der Waals surface area contributed by atoms with Crippen molar-refractivity contribution in [1.29, 1.82) is 0 Å². The molecule has 1 aliphatic heterocycles. The SMILES string of the molecule is CCCC1(O)CN(Cc2cccc(OC)c2)C1. The quantitative estimate of drug-likeness (QED) is 0.847. The molecular formula is C14H21NO2. The van der Waals surface area contributed by atoms with Gasteiger partial charge in [-0.05, 0) is 24.1 Å². The fraction of sp³-hybridized carbons (Fsp3) is 0.571. The largest absolute Gasteiger partial charge is 0.497 e. The van der Waals surface area contributed by atoms with E-state index in [-0.39, 0.29) is 0 Å². The molecule has 2 rings (SSSR count). The minimum atomic E-state index is -0.437. The van der Waals surface area contributed by atoms with E-state index in [1.807, 2.05) is 12.1 Å². The number of hydrogen-bond donors (Lipinski definition) is 1. The number of ether oxygens (including phenoxy) is 1.